The molecule has 0 bridgehead atoms. The summed E-state index contributed by atoms with van der Waals surface area (Å²) in [4.78, 5) is -0.0842. The van der Waals surface area contributed by atoms with Gasteiger partial charge < -0.3 is 9.29 Å². The smallest absolute Gasteiger partial charge is 0.124 e. The van der Waals surface area contributed by atoms with Gasteiger partial charge in [-0.05, 0) is 37.3 Å². The third kappa shape index (κ3) is 2.86. The predicted molar refractivity (Wildman–Crippen MR) is 61.8 cm³/mol. The van der Waals surface area contributed by atoms with E-state index in [4.69, 9.17) is 4.74 Å². The summed E-state index contributed by atoms with van der Waals surface area (Å²) in [7, 11) is -4.39. The van der Waals surface area contributed by atoms with Crippen molar-refractivity contribution >= 4 is 10.1 Å². The topological polar surface area (TPSA) is 66.4 Å². The molecule has 2 rings (SSSR count). The fourth-order valence-electron chi connectivity index (χ4n) is 2.33. The molecule has 17 heavy (non-hydrogen) atoms. The molecule has 94 valence electrons. The maximum absolute atomic E-state index is 11.2. The zero-order chi connectivity index (χ0) is 12.5. The van der Waals surface area contributed by atoms with Crippen LogP contribution in [0.15, 0.2) is 29.2 Å². The van der Waals surface area contributed by atoms with Gasteiger partial charge in [-0.3, -0.25) is 0 Å². The Bertz CT molecular complexity index is 495. The Morgan fingerprint density at radius 2 is 2.06 bits per heavy atom. The van der Waals surface area contributed by atoms with Crippen molar-refractivity contribution in [2.24, 2.45) is 0 Å². The second kappa shape index (κ2) is 4.76. The Labute approximate surface area is 101 Å². The van der Waals surface area contributed by atoms with Gasteiger partial charge in [0, 0.05) is 6.61 Å². The standard InChI is InChI=1S/C12H16O4S/c1-9-8-10(6-7-16-9)11-4-2-3-5-12(11)17(13,14)15/h2-5,9-10H,6-8H2,1H3,(H,13,14,15)/p-1. The van der Waals surface area contributed by atoms with Gasteiger partial charge in [0.25, 0.3) is 0 Å². The Morgan fingerprint density at radius 1 is 1.35 bits per heavy atom. The van der Waals surface area contributed by atoms with Gasteiger partial charge in [-0.1, -0.05) is 18.2 Å². The highest BCUT2D eigenvalue weighted by molar-refractivity contribution is 7.85. The lowest BCUT2D eigenvalue weighted by Crippen LogP contribution is -2.23. The molecule has 1 aliphatic heterocycles. The average Bonchev–Trinajstić information content (AvgIpc) is 2.28. The highest BCUT2D eigenvalue weighted by Gasteiger charge is 2.24. The summed E-state index contributed by atoms with van der Waals surface area (Å²) < 4.78 is 39.0. The van der Waals surface area contributed by atoms with E-state index < -0.39 is 10.1 Å². The molecule has 0 saturated carbocycles. The zero-order valence-corrected chi connectivity index (χ0v) is 10.4. The van der Waals surface area contributed by atoms with E-state index in [0.29, 0.717) is 12.2 Å². The molecule has 1 saturated heterocycles. The molecule has 4 nitrogen and oxygen atoms in total. The SMILES string of the molecule is CC1CC(c2ccccc2S(=O)(=O)[O-])CCO1. The third-order valence-corrected chi connectivity index (χ3v) is 4.02. The van der Waals surface area contributed by atoms with Crippen LogP contribution in [0.3, 0.4) is 0 Å². The van der Waals surface area contributed by atoms with Crippen LogP contribution in [0.25, 0.3) is 0 Å². The molecule has 2 atom stereocenters. The lowest BCUT2D eigenvalue weighted by atomic mass is 9.89. The lowest BCUT2D eigenvalue weighted by molar-refractivity contribution is 0.0182. The maximum atomic E-state index is 11.2. The van der Waals surface area contributed by atoms with Crippen LogP contribution in [0.4, 0.5) is 0 Å². The summed E-state index contributed by atoms with van der Waals surface area (Å²) >= 11 is 0. The molecule has 1 heterocycles. The summed E-state index contributed by atoms with van der Waals surface area (Å²) in [5.41, 5.74) is 0.637. The van der Waals surface area contributed by atoms with Crippen LogP contribution >= 0.6 is 0 Å². The Morgan fingerprint density at radius 3 is 2.71 bits per heavy atom. The van der Waals surface area contributed by atoms with E-state index in [1.807, 2.05) is 6.92 Å². The summed E-state index contributed by atoms with van der Waals surface area (Å²) in [5.74, 6) is 0.0960. The van der Waals surface area contributed by atoms with E-state index in [1.54, 1.807) is 18.2 Å². The second-order valence-electron chi connectivity index (χ2n) is 4.39. The Hall–Kier alpha value is -0.910. The molecule has 5 heteroatoms. The fourth-order valence-corrected chi connectivity index (χ4v) is 3.09. The van der Waals surface area contributed by atoms with Gasteiger partial charge in [0.05, 0.1) is 11.0 Å². The van der Waals surface area contributed by atoms with Gasteiger partial charge in [0.15, 0.2) is 0 Å². The molecule has 0 aromatic heterocycles. The van der Waals surface area contributed by atoms with Crippen LogP contribution in [-0.4, -0.2) is 25.7 Å². The van der Waals surface area contributed by atoms with E-state index in [1.165, 1.54) is 6.07 Å². The summed E-state index contributed by atoms with van der Waals surface area (Å²) in [6, 6.07) is 6.46. The Balaban J connectivity index is 2.38. The van der Waals surface area contributed by atoms with Gasteiger partial charge in [-0.15, -0.1) is 0 Å². The first-order chi connectivity index (χ1) is 7.98. The summed E-state index contributed by atoms with van der Waals surface area (Å²) in [6.45, 7) is 2.57. The quantitative estimate of drug-likeness (QED) is 0.757. The van der Waals surface area contributed by atoms with Crippen molar-refractivity contribution < 1.29 is 17.7 Å². The molecule has 1 aromatic carbocycles. The van der Waals surface area contributed by atoms with Crippen molar-refractivity contribution in [3.05, 3.63) is 29.8 Å². The number of hydrogen-bond donors (Lipinski definition) is 0. The highest BCUT2D eigenvalue weighted by atomic mass is 32.2. The molecule has 1 aliphatic rings. The second-order valence-corrected chi connectivity index (χ2v) is 5.74. The van der Waals surface area contributed by atoms with Gasteiger partial charge >= 0.3 is 0 Å². The minimum absolute atomic E-state index is 0.0842. The first kappa shape index (κ1) is 12.5. The Kier molecular flexibility index (Phi) is 3.51. The van der Waals surface area contributed by atoms with E-state index in [2.05, 4.69) is 0 Å². The summed E-state index contributed by atoms with van der Waals surface area (Å²) in [5, 5.41) is 0. The van der Waals surface area contributed by atoms with Crippen molar-refractivity contribution in [3.63, 3.8) is 0 Å². The van der Waals surface area contributed by atoms with Gasteiger partial charge in [0.2, 0.25) is 0 Å². The van der Waals surface area contributed by atoms with Gasteiger partial charge in [0.1, 0.15) is 10.1 Å². The van der Waals surface area contributed by atoms with Crippen LogP contribution in [0, 0.1) is 0 Å². The van der Waals surface area contributed by atoms with Gasteiger partial charge in [-0.25, -0.2) is 8.42 Å². The third-order valence-electron chi connectivity index (χ3n) is 3.11. The molecule has 0 amide bonds. The first-order valence-electron chi connectivity index (χ1n) is 5.65. The largest absolute Gasteiger partial charge is 0.744 e. The van der Waals surface area contributed by atoms with Crippen molar-refractivity contribution in [2.75, 3.05) is 6.61 Å². The molecule has 0 N–H and O–H groups in total. The number of hydrogen-bond acceptors (Lipinski definition) is 4. The minimum Gasteiger partial charge on any atom is -0.744 e. The van der Waals surface area contributed by atoms with Crippen molar-refractivity contribution in [1.29, 1.82) is 0 Å². The fraction of sp³-hybridized carbons (Fsp3) is 0.500. The van der Waals surface area contributed by atoms with E-state index in [-0.39, 0.29) is 16.9 Å². The van der Waals surface area contributed by atoms with Gasteiger partial charge in [-0.2, -0.15) is 0 Å². The zero-order valence-electron chi connectivity index (χ0n) is 9.63. The number of benzene rings is 1. The molecular weight excluding hydrogens is 240 g/mol. The lowest BCUT2D eigenvalue weighted by Gasteiger charge is -2.29. The highest BCUT2D eigenvalue weighted by Crippen LogP contribution is 2.33. The van der Waals surface area contributed by atoms with Crippen molar-refractivity contribution in [1.82, 2.24) is 0 Å². The van der Waals surface area contributed by atoms with Crippen LogP contribution in [-0.2, 0) is 14.9 Å². The molecule has 1 fully saturated rings. The average molecular weight is 255 g/mol. The van der Waals surface area contributed by atoms with Crippen molar-refractivity contribution in [2.45, 2.75) is 36.7 Å². The maximum Gasteiger partial charge on any atom is 0.124 e. The number of rotatable bonds is 2. The van der Waals surface area contributed by atoms with Crippen molar-refractivity contribution in [3.8, 4) is 0 Å². The predicted octanol–water partition coefficient (Wildman–Crippen LogP) is 1.87. The molecule has 0 aliphatic carbocycles. The van der Waals surface area contributed by atoms with E-state index in [9.17, 15) is 13.0 Å². The van der Waals surface area contributed by atoms with Crippen LogP contribution in [0.2, 0.25) is 0 Å². The van der Waals surface area contributed by atoms with Crippen LogP contribution < -0.4 is 0 Å². The van der Waals surface area contributed by atoms with E-state index in [0.717, 1.165) is 12.8 Å². The first-order valence-corrected chi connectivity index (χ1v) is 7.05. The number of ether oxygens (including phenoxy) is 1. The van der Waals surface area contributed by atoms with E-state index >= 15 is 0 Å². The normalized spacial score (nSPS) is 25.8. The summed E-state index contributed by atoms with van der Waals surface area (Å²) in [6.07, 6.45) is 1.62. The molecule has 1 aromatic rings. The van der Waals surface area contributed by atoms with Crippen LogP contribution in [0.1, 0.15) is 31.2 Å². The molecule has 0 radical (unpaired) electrons. The monoisotopic (exact) mass is 255 g/mol. The molecule has 0 spiro atoms. The molecule has 2 unspecified atom stereocenters. The minimum atomic E-state index is -4.39. The molecular formula is C12H15O4S-. The van der Waals surface area contributed by atoms with Crippen LogP contribution in [0.5, 0.6) is 0 Å².